The highest BCUT2D eigenvalue weighted by molar-refractivity contribution is 4.93. The Hall–Kier alpha value is -0.120. The van der Waals surface area contributed by atoms with Crippen LogP contribution in [0.5, 0.6) is 0 Å². The molecule has 0 bridgehead atoms. The zero-order chi connectivity index (χ0) is 13.1. The molecule has 1 saturated carbocycles. The normalized spacial score (nSPS) is 30.8. The van der Waals surface area contributed by atoms with Crippen LogP contribution in [0.3, 0.4) is 0 Å². The Morgan fingerprint density at radius 3 is 2.16 bits per heavy atom. The van der Waals surface area contributed by atoms with Crippen molar-refractivity contribution in [2.45, 2.75) is 51.5 Å². The van der Waals surface area contributed by atoms with Gasteiger partial charge in [-0.05, 0) is 63.6 Å². The number of piperidine rings is 1. The molecule has 1 spiro atoms. The highest BCUT2D eigenvalue weighted by atomic mass is 15.2. The molecule has 0 radical (unpaired) electrons. The minimum Gasteiger partial charge on any atom is -0.314 e. The fraction of sp³-hybridized carbons (Fsp3) is 1.00. The fourth-order valence-corrected chi connectivity index (χ4v) is 4.47. The molecule has 3 aliphatic rings. The third-order valence-electron chi connectivity index (χ3n) is 6.05. The van der Waals surface area contributed by atoms with Crippen LogP contribution in [-0.4, -0.2) is 61.7 Å². The van der Waals surface area contributed by atoms with E-state index in [-0.39, 0.29) is 0 Å². The maximum Gasteiger partial charge on any atom is 0.0110 e. The molecule has 19 heavy (non-hydrogen) atoms. The van der Waals surface area contributed by atoms with E-state index < -0.39 is 0 Å². The summed E-state index contributed by atoms with van der Waals surface area (Å²) in [5.74, 6) is 0. The molecule has 110 valence electrons. The van der Waals surface area contributed by atoms with Gasteiger partial charge in [0.25, 0.3) is 0 Å². The zero-order valence-corrected chi connectivity index (χ0v) is 12.7. The van der Waals surface area contributed by atoms with Crippen molar-refractivity contribution in [1.82, 2.24) is 15.1 Å². The topological polar surface area (TPSA) is 18.5 Å². The standard InChI is InChI=1S/C16H31N3/c1-2-18-11-7-16(8-12-18)5-3-15(4-6-16)19-13-9-17-10-14-19/h15,17H,2-14H2,1H3. The average molecular weight is 265 g/mol. The summed E-state index contributed by atoms with van der Waals surface area (Å²) in [6.07, 6.45) is 8.86. The second kappa shape index (κ2) is 6.11. The van der Waals surface area contributed by atoms with E-state index in [1.807, 2.05) is 0 Å². The molecule has 2 saturated heterocycles. The lowest BCUT2D eigenvalue weighted by Crippen LogP contribution is -2.51. The van der Waals surface area contributed by atoms with Crippen molar-refractivity contribution in [3.8, 4) is 0 Å². The van der Waals surface area contributed by atoms with Crippen LogP contribution < -0.4 is 5.32 Å². The molecular formula is C16H31N3. The van der Waals surface area contributed by atoms with Gasteiger partial charge in [0.2, 0.25) is 0 Å². The average Bonchev–Trinajstić information content (AvgIpc) is 2.50. The smallest absolute Gasteiger partial charge is 0.0110 e. The van der Waals surface area contributed by atoms with E-state index >= 15 is 0 Å². The van der Waals surface area contributed by atoms with E-state index in [1.54, 1.807) is 0 Å². The molecule has 1 N–H and O–H groups in total. The van der Waals surface area contributed by atoms with Crippen LogP contribution in [0.1, 0.15) is 45.4 Å². The van der Waals surface area contributed by atoms with Gasteiger partial charge >= 0.3 is 0 Å². The molecular weight excluding hydrogens is 234 g/mol. The van der Waals surface area contributed by atoms with Crippen LogP contribution in [0.4, 0.5) is 0 Å². The van der Waals surface area contributed by atoms with Crippen molar-refractivity contribution >= 4 is 0 Å². The second-order valence-electron chi connectivity index (χ2n) is 6.95. The van der Waals surface area contributed by atoms with Gasteiger partial charge < -0.3 is 10.2 Å². The molecule has 3 rings (SSSR count). The van der Waals surface area contributed by atoms with Crippen molar-refractivity contribution < 1.29 is 0 Å². The van der Waals surface area contributed by atoms with Crippen molar-refractivity contribution in [2.24, 2.45) is 5.41 Å². The summed E-state index contributed by atoms with van der Waals surface area (Å²) in [6.45, 7) is 11.2. The van der Waals surface area contributed by atoms with E-state index in [2.05, 4.69) is 22.0 Å². The molecule has 0 aromatic carbocycles. The number of nitrogens with one attached hydrogen (secondary N) is 1. The van der Waals surface area contributed by atoms with Crippen LogP contribution >= 0.6 is 0 Å². The Bertz CT molecular complexity index is 268. The van der Waals surface area contributed by atoms with Crippen molar-refractivity contribution in [2.75, 3.05) is 45.8 Å². The van der Waals surface area contributed by atoms with Gasteiger partial charge in [0.05, 0.1) is 0 Å². The van der Waals surface area contributed by atoms with Crippen LogP contribution in [-0.2, 0) is 0 Å². The van der Waals surface area contributed by atoms with Crippen molar-refractivity contribution in [1.29, 1.82) is 0 Å². The van der Waals surface area contributed by atoms with Gasteiger partial charge in [0.1, 0.15) is 0 Å². The monoisotopic (exact) mass is 265 g/mol. The molecule has 3 fully saturated rings. The quantitative estimate of drug-likeness (QED) is 0.823. The Kier molecular flexibility index (Phi) is 4.45. The summed E-state index contributed by atoms with van der Waals surface area (Å²) >= 11 is 0. The largest absolute Gasteiger partial charge is 0.314 e. The first kappa shape index (κ1) is 13.8. The Balaban J connectivity index is 1.49. The summed E-state index contributed by atoms with van der Waals surface area (Å²) in [6, 6.07) is 0.900. The van der Waals surface area contributed by atoms with E-state index in [4.69, 9.17) is 0 Å². The van der Waals surface area contributed by atoms with E-state index in [0.29, 0.717) is 0 Å². The number of hydrogen-bond acceptors (Lipinski definition) is 3. The van der Waals surface area contributed by atoms with E-state index in [1.165, 1.54) is 84.3 Å². The van der Waals surface area contributed by atoms with Gasteiger partial charge in [-0.25, -0.2) is 0 Å². The first-order valence-electron chi connectivity index (χ1n) is 8.48. The Labute approximate surface area is 118 Å². The number of hydrogen-bond donors (Lipinski definition) is 1. The minimum atomic E-state index is 0.732. The van der Waals surface area contributed by atoms with Gasteiger partial charge in [-0.1, -0.05) is 6.92 Å². The van der Waals surface area contributed by atoms with Crippen molar-refractivity contribution in [3.63, 3.8) is 0 Å². The predicted octanol–water partition coefficient (Wildman–Crippen LogP) is 1.94. The maximum absolute atomic E-state index is 3.47. The Morgan fingerprint density at radius 1 is 0.947 bits per heavy atom. The van der Waals surface area contributed by atoms with Crippen molar-refractivity contribution in [3.05, 3.63) is 0 Å². The summed E-state index contributed by atoms with van der Waals surface area (Å²) in [7, 11) is 0. The molecule has 1 aliphatic carbocycles. The highest BCUT2D eigenvalue weighted by Gasteiger charge is 2.38. The van der Waals surface area contributed by atoms with Gasteiger partial charge in [-0.15, -0.1) is 0 Å². The summed E-state index contributed by atoms with van der Waals surface area (Å²) in [5, 5.41) is 3.47. The fourth-order valence-electron chi connectivity index (χ4n) is 4.47. The van der Waals surface area contributed by atoms with Gasteiger partial charge in [0, 0.05) is 32.2 Å². The second-order valence-corrected chi connectivity index (χ2v) is 6.95. The first-order chi connectivity index (χ1) is 9.31. The SMILES string of the molecule is CCN1CCC2(CCC(N3CCNCC3)CC2)CC1. The number of nitrogens with zero attached hydrogens (tertiary/aromatic N) is 2. The summed E-state index contributed by atoms with van der Waals surface area (Å²) < 4.78 is 0. The maximum atomic E-state index is 3.47. The summed E-state index contributed by atoms with van der Waals surface area (Å²) in [4.78, 5) is 5.39. The van der Waals surface area contributed by atoms with Crippen LogP contribution in [0.15, 0.2) is 0 Å². The third-order valence-corrected chi connectivity index (χ3v) is 6.05. The number of likely N-dealkylation sites (tertiary alicyclic amines) is 1. The third kappa shape index (κ3) is 3.14. The van der Waals surface area contributed by atoms with E-state index in [9.17, 15) is 0 Å². The predicted molar refractivity (Wildman–Crippen MR) is 80.5 cm³/mol. The molecule has 3 nitrogen and oxygen atoms in total. The molecule has 0 amide bonds. The van der Waals surface area contributed by atoms with E-state index in [0.717, 1.165) is 11.5 Å². The molecule has 0 unspecified atom stereocenters. The first-order valence-corrected chi connectivity index (χ1v) is 8.48. The molecule has 0 atom stereocenters. The van der Waals surface area contributed by atoms with Gasteiger partial charge in [-0.3, -0.25) is 4.90 Å². The lowest BCUT2D eigenvalue weighted by molar-refractivity contribution is 0.0309. The summed E-state index contributed by atoms with van der Waals surface area (Å²) in [5.41, 5.74) is 0.732. The molecule has 3 heteroatoms. The lowest BCUT2D eigenvalue weighted by Gasteiger charge is -2.48. The van der Waals surface area contributed by atoms with Crippen LogP contribution in [0.2, 0.25) is 0 Å². The van der Waals surface area contributed by atoms with Gasteiger partial charge in [-0.2, -0.15) is 0 Å². The van der Waals surface area contributed by atoms with Crippen LogP contribution in [0.25, 0.3) is 0 Å². The highest BCUT2D eigenvalue weighted by Crippen LogP contribution is 2.45. The van der Waals surface area contributed by atoms with Crippen LogP contribution in [0, 0.1) is 5.41 Å². The number of piperazine rings is 1. The lowest BCUT2D eigenvalue weighted by atomic mass is 9.66. The Morgan fingerprint density at radius 2 is 1.58 bits per heavy atom. The molecule has 2 aliphatic heterocycles. The molecule has 2 heterocycles. The number of rotatable bonds is 2. The molecule has 0 aromatic rings. The zero-order valence-electron chi connectivity index (χ0n) is 12.7. The van der Waals surface area contributed by atoms with Gasteiger partial charge in [0.15, 0.2) is 0 Å². The molecule has 0 aromatic heterocycles. The minimum absolute atomic E-state index is 0.732.